The predicted molar refractivity (Wildman–Crippen MR) is 134 cm³/mol. The number of piperazine rings is 1. The van der Waals surface area contributed by atoms with Gasteiger partial charge in [-0.05, 0) is 36.8 Å². The van der Waals surface area contributed by atoms with Crippen molar-refractivity contribution < 1.29 is 14.3 Å². The molecular weight excluding hydrogens is 450 g/mol. The largest absolute Gasteiger partial charge is 0.454 e. The fraction of sp³-hybridized carbons (Fsp3) is 0.240. The summed E-state index contributed by atoms with van der Waals surface area (Å²) in [5, 5.41) is 3.94. The summed E-state index contributed by atoms with van der Waals surface area (Å²) >= 11 is 1.40. The maximum Gasteiger partial charge on any atom is 0.266 e. The summed E-state index contributed by atoms with van der Waals surface area (Å²) in [7, 11) is 0. The van der Waals surface area contributed by atoms with Crippen LogP contribution in [0.4, 0.5) is 17.2 Å². The van der Waals surface area contributed by atoms with Crippen LogP contribution in [0.25, 0.3) is 10.2 Å². The molecule has 0 radical (unpaired) electrons. The van der Waals surface area contributed by atoms with Crippen LogP contribution in [0, 0.1) is 6.92 Å². The van der Waals surface area contributed by atoms with Gasteiger partial charge in [0.15, 0.2) is 11.5 Å². The Labute approximate surface area is 200 Å². The molecule has 0 saturated carbocycles. The maximum atomic E-state index is 13.2. The molecular formula is C25H23N5O3S. The summed E-state index contributed by atoms with van der Waals surface area (Å²) in [5.41, 5.74) is 2.80. The molecule has 8 nitrogen and oxygen atoms in total. The van der Waals surface area contributed by atoms with Crippen LogP contribution < -0.4 is 24.6 Å². The molecule has 0 bridgehead atoms. The maximum absolute atomic E-state index is 13.2. The molecule has 2 aromatic heterocycles. The number of hydrogen-bond donors (Lipinski definition) is 1. The number of benzene rings is 2. The minimum Gasteiger partial charge on any atom is -0.454 e. The van der Waals surface area contributed by atoms with Gasteiger partial charge in [0.05, 0.1) is 10.3 Å². The van der Waals surface area contributed by atoms with E-state index in [1.54, 1.807) is 18.5 Å². The van der Waals surface area contributed by atoms with E-state index in [9.17, 15) is 4.79 Å². The second kappa shape index (κ2) is 8.49. The van der Waals surface area contributed by atoms with Gasteiger partial charge in [0.2, 0.25) is 6.79 Å². The SMILES string of the molecule is Cc1c(C(=O)Nc2ccc3c(c2)OCO3)sc2ncnc(N3CCN(c4ccccc4)CC3)c12. The molecule has 0 aliphatic carbocycles. The smallest absolute Gasteiger partial charge is 0.266 e. The van der Waals surface area contributed by atoms with Gasteiger partial charge in [0, 0.05) is 43.6 Å². The lowest BCUT2D eigenvalue weighted by molar-refractivity contribution is 0.103. The van der Waals surface area contributed by atoms with Gasteiger partial charge >= 0.3 is 0 Å². The third-order valence-corrected chi connectivity index (χ3v) is 7.44. The molecule has 1 amide bonds. The second-order valence-corrected chi connectivity index (χ2v) is 9.26. The van der Waals surface area contributed by atoms with Crippen LogP contribution in [0.15, 0.2) is 54.9 Å². The van der Waals surface area contributed by atoms with Crippen molar-refractivity contribution in [2.45, 2.75) is 6.92 Å². The van der Waals surface area contributed by atoms with Crippen LogP contribution >= 0.6 is 11.3 Å². The van der Waals surface area contributed by atoms with Crippen LogP contribution in [0.5, 0.6) is 11.5 Å². The van der Waals surface area contributed by atoms with Crippen LogP contribution in [0.1, 0.15) is 15.2 Å². The van der Waals surface area contributed by atoms with Crippen molar-refractivity contribution in [3.8, 4) is 11.5 Å². The van der Waals surface area contributed by atoms with Gasteiger partial charge < -0.3 is 24.6 Å². The van der Waals surface area contributed by atoms with Gasteiger partial charge in [-0.3, -0.25) is 4.79 Å². The molecule has 4 aromatic rings. The Hall–Kier alpha value is -3.85. The van der Waals surface area contributed by atoms with Gasteiger partial charge in [-0.25, -0.2) is 9.97 Å². The Kier molecular flexibility index (Phi) is 5.18. The minimum absolute atomic E-state index is 0.167. The molecule has 1 fully saturated rings. The quantitative estimate of drug-likeness (QED) is 0.473. The van der Waals surface area contributed by atoms with E-state index in [1.807, 2.05) is 19.1 Å². The van der Waals surface area contributed by atoms with Gasteiger partial charge in [0.25, 0.3) is 5.91 Å². The topological polar surface area (TPSA) is 79.8 Å². The average Bonchev–Trinajstić information content (AvgIpc) is 3.49. The Balaban J connectivity index is 1.24. The summed E-state index contributed by atoms with van der Waals surface area (Å²) in [5.74, 6) is 2.05. The molecule has 1 N–H and O–H groups in total. The highest BCUT2D eigenvalue weighted by Gasteiger charge is 2.25. The van der Waals surface area contributed by atoms with E-state index >= 15 is 0 Å². The minimum atomic E-state index is -0.167. The molecule has 6 rings (SSSR count). The second-order valence-electron chi connectivity index (χ2n) is 8.27. The zero-order valence-corrected chi connectivity index (χ0v) is 19.5. The Morgan fingerprint density at radius 3 is 2.56 bits per heavy atom. The number of thiophene rings is 1. The third-order valence-electron chi connectivity index (χ3n) is 6.24. The van der Waals surface area contributed by atoms with Crippen molar-refractivity contribution in [2.75, 3.05) is 48.1 Å². The zero-order valence-electron chi connectivity index (χ0n) is 18.7. The number of carbonyl (C=O) groups excluding carboxylic acids is 1. The fourth-order valence-electron chi connectivity index (χ4n) is 4.49. The first-order chi connectivity index (χ1) is 16.7. The van der Waals surface area contributed by atoms with Crippen LogP contribution in [0.3, 0.4) is 0 Å². The Morgan fingerprint density at radius 2 is 1.74 bits per heavy atom. The van der Waals surface area contributed by atoms with E-state index in [-0.39, 0.29) is 12.7 Å². The highest BCUT2D eigenvalue weighted by molar-refractivity contribution is 7.20. The van der Waals surface area contributed by atoms with E-state index in [1.165, 1.54) is 17.0 Å². The monoisotopic (exact) mass is 473 g/mol. The van der Waals surface area contributed by atoms with Crippen LogP contribution in [-0.4, -0.2) is 48.8 Å². The summed E-state index contributed by atoms with van der Waals surface area (Å²) in [6, 6.07) is 15.9. The number of nitrogens with one attached hydrogen (secondary N) is 1. The average molecular weight is 474 g/mol. The highest BCUT2D eigenvalue weighted by Crippen LogP contribution is 2.37. The van der Waals surface area contributed by atoms with Crippen molar-refractivity contribution in [1.29, 1.82) is 0 Å². The molecule has 0 unspecified atom stereocenters. The Morgan fingerprint density at radius 1 is 0.971 bits per heavy atom. The van der Waals surface area contributed by atoms with E-state index in [2.05, 4.69) is 49.4 Å². The first-order valence-corrected chi connectivity index (χ1v) is 12.0. The molecule has 2 aromatic carbocycles. The van der Waals surface area contributed by atoms with E-state index < -0.39 is 0 Å². The lowest BCUT2D eigenvalue weighted by atomic mass is 10.1. The molecule has 2 aliphatic heterocycles. The Bertz CT molecular complexity index is 1370. The normalized spacial score (nSPS) is 15.1. The summed E-state index contributed by atoms with van der Waals surface area (Å²) in [6.45, 7) is 5.71. The standard InChI is InChI=1S/C25H23N5O3S/c1-16-21-23(30-11-9-29(10-12-30)18-5-3-2-4-6-18)26-14-27-25(21)34-22(16)24(31)28-17-7-8-19-20(13-17)33-15-32-19/h2-8,13-14H,9-12,15H2,1H3,(H,28,31). The number of amides is 1. The summed E-state index contributed by atoms with van der Waals surface area (Å²) < 4.78 is 10.8. The van der Waals surface area contributed by atoms with Gasteiger partial charge in [0.1, 0.15) is 17.0 Å². The molecule has 9 heteroatoms. The molecule has 0 spiro atoms. The first-order valence-electron chi connectivity index (χ1n) is 11.2. The van der Waals surface area contributed by atoms with Crippen molar-refractivity contribution in [3.63, 3.8) is 0 Å². The number of aromatic nitrogens is 2. The van der Waals surface area contributed by atoms with E-state index in [0.717, 1.165) is 47.8 Å². The number of carbonyl (C=O) groups is 1. The number of hydrogen-bond acceptors (Lipinski definition) is 8. The molecule has 4 heterocycles. The van der Waals surface area contributed by atoms with Crippen LogP contribution in [-0.2, 0) is 0 Å². The van der Waals surface area contributed by atoms with Crippen molar-refractivity contribution >= 4 is 44.7 Å². The third kappa shape index (κ3) is 3.67. The van der Waals surface area contributed by atoms with Gasteiger partial charge in [-0.1, -0.05) is 18.2 Å². The first kappa shape index (κ1) is 20.7. The molecule has 1 saturated heterocycles. The van der Waals surface area contributed by atoms with Gasteiger partial charge in [-0.2, -0.15) is 0 Å². The fourth-order valence-corrected chi connectivity index (χ4v) is 5.53. The number of aryl methyl sites for hydroxylation is 1. The highest BCUT2D eigenvalue weighted by atomic mass is 32.1. The number of fused-ring (bicyclic) bond motifs is 2. The summed E-state index contributed by atoms with van der Waals surface area (Å²) in [6.07, 6.45) is 1.59. The van der Waals surface area contributed by atoms with Crippen molar-refractivity contribution in [3.05, 3.63) is 65.3 Å². The number of para-hydroxylation sites is 1. The number of anilines is 3. The predicted octanol–water partition coefficient (Wildman–Crippen LogP) is 4.31. The number of rotatable bonds is 4. The number of nitrogens with zero attached hydrogens (tertiary/aromatic N) is 4. The summed E-state index contributed by atoms with van der Waals surface area (Å²) in [4.78, 5) is 28.4. The van der Waals surface area contributed by atoms with Crippen molar-refractivity contribution in [2.24, 2.45) is 0 Å². The molecule has 172 valence electrons. The van der Waals surface area contributed by atoms with E-state index in [4.69, 9.17) is 9.47 Å². The van der Waals surface area contributed by atoms with E-state index in [0.29, 0.717) is 22.1 Å². The number of ether oxygens (including phenoxy) is 2. The molecule has 0 atom stereocenters. The zero-order chi connectivity index (χ0) is 23.1. The van der Waals surface area contributed by atoms with Crippen LogP contribution in [0.2, 0.25) is 0 Å². The van der Waals surface area contributed by atoms with Gasteiger partial charge in [-0.15, -0.1) is 11.3 Å². The lowest BCUT2D eigenvalue weighted by Crippen LogP contribution is -2.46. The molecule has 34 heavy (non-hydrogen) atoms. The van der Waals surface area contributed by atoms with Crippen molar-refractivity contribution in [1.82, 2.24) is 9.97 Å². The molecule has 2 aliphatic rings. The lowest BCUT2D eigenvalue weighted by Gasteiger charge is -2.37.